The monoisotopic (exact) mass is 360 g/mol. The quantitative estimate of drug-likeness (QED) is 0.902. The highest BCUT2D eigenvalue weighted by Crippen LogP contribution is 2.28. The molecular formula is C19H21ClN2O3. The molecule has 1 N–H and O–H groups in total. The Balaban J connectivity index is 2.06. The van der Waals surface area contributed by atoms with Crippen LogP contribution in [-0.2, 0) is 13.0 Å². The minimum absolute atomic E-state index is 0.117. The second-order valence-electron chi connectivity index (χ2n) is 6.08. The number of anilines is 1. The fourth-order valence-electron chi connectivity index (χ4n) is 3.18. The van der Waals surface area contributed by atoms with Crippen LogP contribution in [0.2, 0.25) is 5.02 Å². The average molecular weight is 361 g/mol. The lowest BCUT2D eigenvalue weighted by Crippen LogP contribution is -2.31. The van der Waals surface area contributed by atoms with Gasteiger partial charge < -0.3 is 14.6 Å². The van der Waals surface area contributed by atoms with Crippen molar-refractivity contribution in [2.24, 2.45) is 0 Å². The van der Waals surface area contributed by atoms with Crippen LogP contribution >= 0.6 is 11.6 Å². The van der Waals surface area contributed by atoms with Gasteiger partial charge in [0.15, 0.2) is 0 Å². The maximum atomic E-state index is 13.0. The molecule has 0 bridgehead atoms. The first kappa shape index (κ1) is 17.5. The topological polar surface area (TPSA) is 60.3 Å². The summed E-state index contributed by atoms with van der Waals surface area (Å²) in [7, 11) is 0. The van der Waals surface area contributed by atoms with E-state index in [4.69, 9.17) is 16.3 Å². The summed E-state index contributed by atoms with van der Waals surface area (Å²) in [6.07, 6.45) is 2.58. The predicted molar refractivity (Wildman–Crippen MR) is 99.0 cm³/mol. The van der Waals surface area contributed by atoms with Gasteiger partial charge in [0, 0.05) is 29.0 Å². The van der Waals surface area contributed by atoms with Crippen molar-refractivity contribution >= 4 is 23.2 Å². The molecule has 0 saturated carbocycles. The predicted octanol–water partition coefficient (Wildman–Crippen LogP) is 3.80. The summed E-state index contributed by atoms with van der Waals surface area (Å²) in [5.74, 6) is 0.0669. The van der Waals surface area contributed by atoms with Crippen LogP contribution in [0.1, 0.15) is 41.4 Å². The second-order valence-corrected chi connectivity index (χ2v) is 6.48. The van der Waals surface area contributed by atoms with Crippen LogP contribution in [0, 0.1) is 6.92 Å². The highest BCUT2D eigenvalue weighted by molar-refractivity contribution is 6.31. The van der Waals surface area contributed by atoms with Gasteiger partial charge in [-0.15, -0.1) is 0 Å². The van der Waals surface area contributed by atoms with Crippen LogP contribution in [0.4, 0.5) is 5.69 Å². The number of nitrogens with zero attached hydrogens (tertiary/aromatic N) is 1. The van der Waals surface area contributed by atoms with E-state index in [-0.39, 0.29) is 11.5 Å². The third-order valence-corrected chi connectivity index (χ3v) is 4.88. The highest BCUT2D eigenvalue weighted by atomic mass is 35.5. The first-order valence-corrected chi connectivity index (χ1v) is 8.86. The molecule has 0 atom stereocenters. The standard InChI is InChI=1S/C19H21ClN2O3/c1-3-25-16-11-17(23)22-10-5-4-9-15(22)18(16)19(24)21-14-8-6-7-13(20)12(14)2/h6-8,11H,3-5,9-10H2,1-2H3,(H,21,24). The summed E-state index contributed by atoms with van der Waals surface area (Å²) in [5, 5.41) is 3.51. The Morgan fingerprint density at radius 2 is 2.16 bits per heavy atom. The van der Waals surface area contributed by atoms with E-state index < -0.39 is 0 Å². The number of benzene rings is 1. The van der Waals surface area contributed by atoms with Crippen molar-refractivity contribution in [3.05, 3.63) is 56.5 Å². The van der Waals surface area contributed by atoms with E-state index in [1.807, 2.05) is 13.8 Å². The van der Waals surface area contributed by atoms with Crippen molar-refractivity contribution in [2.45, 2.75) is 39.7 Å². The largest absolute Gasteiger partial charge is 0.493 e. The molecule has 6 heteroatoms. The van der Waals surface area contributed by atoms with Crippen LogP contribution in [-0.4, -0.2) is 17.1 Å². The molecule has 1 aromatic heterocycles. The zero-order valence-corrected chi connectivity index (χ0v) is 15.2. The number of nitrogens with one attached hydrogen (secondary N) is 1. The summed E-state index contributed by atoms with van der Waals surface area (Å²) in [6.45, 7) is 4.71. The van der Waals surface area contributed by atoms with Crippen LogP contribution in [0.15, 0.2) is 29.1 Å². The van der Waals surface area contributed by atoms with Crippen LogP contribution in [0.25, 0.3) is 0 Å². The number of rotatable bonds is 4. The van der Waals surface area contributed by atoms with Gasteiger partial charge in [-0.2, -0.15) is 0 Å². The van der Waals surface area contributed by atoms with E-state index in [9.17, 15) is 9.59 Å². The molecule has 0 aliphatic carbocycles. The Bertz CT molecular complexity index is 874. The van der Waals surface area contributed by atoms with Crippen LogP contribution in [0.3, 0.4) is 0 Å². The number of carbonyl (C=O) groups is 1. The van der Waals surface area contributed by atoms with Crippen molar-refractivity contribution in [3.8, 4) is 5.75 Å². The van der Waals surface area contributed by atoms with E-state index in [1.165, 1.54) is 6.07 Å². The van der Waals surface area contributed by atoms with Crippen molar-refractivity contribution in [2.75, 3.05) is 11.9 Å². The number of hydrogen-bond donors (Lipinski definition) is 1. The first-order chi connectivity index (χ1) is 12.0. The van der Waals surface area contributed by atoms with Crippen molar-refractivity contribution in [1.29, 1.82) is 0 Å². The van der Waals surface area contributed by atoms with Gasteiger partial charge >= 0.3 is 0 Å². The molecule has 1 aromatic carbocycles. The lowest BCUT2D eigenvalue weighted by atomic mass is 10.0. The van der Waals surface area contributed by atoms with E-state index in [2.05, 4.69) is 5.32 Å². The van der Waals surface area contributed by atoms with Crippen molar-refractivity contribution in [3.63, 3.8) is 0 Å². The Morgan fingerprint density at radius 3 is 2.92 bits per heavy atom. The molecule has 0 spiro atoms. The number of pyridine rings is 1. The lowest BCUT2D eigenvalue weighted by Gasteiger charge is -2.23. The van der Waals surface area contributed by atoms with Gasteiger partial charge in [-0.1, -0.05) is 17.7 Å². The van der Waals surface area contributed by atoms with E-state index in [0.717, 1.165) is 24.1 Å². The molecule has 3 rings (SSSR count). The molecule has 0 unspecified atom stereocenters. The maximum Gasteiger partial charge on any atom is 0.261 e. The molecule has 132 valence electrons. The molecular weight excluding hydrogens is 340 g/mol. The second kappa shape index (κ2) is 7.31. The number of ether oxygens (including phenoxy) is 1. The molecule has 0 fully saturated rings. The Kier molecular flexibility index (Phi) is 5.13. The van der Waals surface area contributed by atoms with E-state index >= 15 is 0 Å². The smallest absolute Gasteiger partial charge is 0.261 e. The third-order valence-electron chi connectivity index (χ3n) is 4.47. The van der Waals surface area contributed by atoms with Gasteiger partial charge in [0.1, 0.15) is 11.3 Å². The van der Waals surface area contributed by atoms with Gasteiger partial charge in [-0.05, 0) is 50.8 Å². The van der Waals surface area contributed by atoms with Crippen molar-refractivity contribution in [1.82, 2.24) is 4.57 Å². The molecule has 5 nitrogen and oxygen atoms in total. The van der Waals surface area contributed by atoms with Gasteiger partial charge in [-0.3, -0.25) is 9.59 Å². The number of halogens is 1. The molecule has 1 aliphatic rings. The zero-order chi connectivity index (χ0) is 18.0. The van der Waals surface area contributed by atoms with Gasteiger partial charge in [0.25, 0.3) is 11.5 Å². The number of hydrogen-bond acceptors (Lipinski definition) is 3. The fraction of sp³-hybridized carbons (Fsp3) is 0.368. The highest BCUT2D eigenvalue weighted by Gasteiger charge is 2.24. The van der Waals surface area contributed by atoms with Gasteiger partial charge in [0.05, 0.1) is 6.61 Å². The Labute approximate surface area is 151 Å². The van der Waals surface area contributed by atoms with Crippen LogP contribution in [0.5, 0.6) is 5.75 Å². The maximum absolute atomic E-state index is 13.0. The molecule has 1 aliphatic heterocycles. The zero-order valence-electron chi connectivity index (χ0n) is 14.4. The molecule has 0 radical (unpaired) electrons. The number of amides is 1. The average Bonchev–Trinajstić information content (AvgIpc) is 2.59. The minimum Gasteiger partial charge on any atom is -0.493 e. The number of fused-ring (bicyclic) bond motifs is 1. The molecule has 1 amide bonds. The Morgan fingerprint density at radius 1 is 1.36 bits per heavy atom. The fourth-order valence-corrected chi connectivity index (χ4v) is 3.35. The summed E-state index contributed by atoms with van der Waals surface area (Å²) in [5.41, 5.74) is 2.53. The molecule has 25 heavy (non-hydrogen) atoms. The SMILES string of the molecule is CCOc1cc(=O)n2c(c1C(=O)Nc1cccc(Cl)c1C)CCCC2. The normalized spacial score (nSPS) is 13.2. The summed E-state index contributed by atoms with van der Waals surface area (Å²) in [6, 6.07) is 6.79. The molecule has 2 aromatic rings. The lowest BCUT2D eigenvalue weighted by molar-refractivity contribution is 0.102. The first-order valence-electron chi connectivity index (χ1n) is 8.49. The molecule has 0 saturated heterocycles. The van der Waals surface area contributed by atoms with E-state index in [0.29, 0.717) is 41.6 Å². The third kappa shape index (κ3) is 3.42. The van der Waals surface area contributed by atoms with E-state index in [1.54, 1.807) is 22.8 Å². The Hall–Kier alpha value is -2.27. The van der Waals surface area contributed by atoms with Crippen molar-refractivity contribution < 1.29 is 9.53 Å². The van der Waals surface area contributed by atoms with Gasteiger partial charge in [-0.25, -0.2) is 0 Å². The summed E-state index contributed by atoms with van der Waals surface area (Å²) < 4.78 is 7.28. The summed E-state index contributed by atoms with van der Waals surface area (Å²) in [4.78, 5) is 25.3. The van der Waals surface area contributed by atoms with Gasteiger partial charge in [0.2, 0.25) is 0 Å². The minimum atomic E-state index is -0.278. The number of carbonyl (C=O) groups excluding carboxylic acids is 1. The summed E-state index contributed by atoms with van der Waals surface area (Å²) >= 11 is 6.14. The van der Waals surface area contributed by atoms with Crippen LogP contribution < -0.4 is 15.6 Å². The number of aromatic nitrogens is 1. The molecule has 2 heterocycles.